The summed E-state index contributed by atoms with van der Waals surface area (Å²) in [7, 11) is 0. The maximum atomic E-state index is 11.5. The van der Waals surface area contributed by atoms with Crippen LogP contribution in [0.3, 0.4) is 0 Å². The third-order valence-electron chi connectivity index (χ3n) is 3.19. The minimum atomic E-state index is -0.778. The molecular formula is C20H30O3. The van der Waals surface area contributed by atoms with E-state index in [0.717, 1.165) is 12.8 Å². The largest absolute Gasteiger partial charge is 0.481 e. The number of hydrogen-bond acceptors (Lipinski definition) is 2. The van der Waals surface area contributed by atoms with Crippen LogP contribution in [0.2, 0.25) is 0 Å². The first-order valence-electron chi connectivity index (χ1n) is 8.54. The summed E-state index contributed by atoms with van der Waals surface area (Å²) in [5.74, 6) is -0.723. The molecule has 0 aromatic carbocycles. The molecule has 0 aliphatic heterocycles. The summed E-state index contributed by atoms with van der Waals surface area (Å²) >= 11 is 0. The fraction of sp³-hybridized carbons (Fsp3) is 0.500. The molecule has 0 aliphatic rings. The number of hydrogen-bond donors (Lipinski definition) is 1. The lowest BCUT2D eigenvalue weighted by Gasteiger charge is -1.91. The minimum absolute atomic E-state index is 0.0549. The second-order valence-electron chi connectivity index (χ2n) is 5.42. The van der Waals surface area contributed by atoms with Gasteiger partial charge in [0.05, 0.1) is 0 Å². The van der Waals surface area contributed by atoms with Crippen LogP contribution >= 0.6 is 0 Å². The predicted octanol–water partition coefficient (Wildman–Crippen LogP) is 5.40. The SMILES string of the molecule is CCCCC/C=C\C/C=C\C=C\C(=O)C/C=C\CCCC(=O)O. The van der Waals surface area contributed by atoms with E-state index in [-0.39, 0.29) is 12.2 Å². The first-order valence-corrected chi connectivity index (χ1v) is 8.54. The van der Waals surface area contributed by atoms with Gasteiger partial charge in [-0.3, -0.25) is 9.59 Å². The van der Waals surface area contributed by atoms with Crippen molar-refractivity contribution in [1.82, 2.24) is 0 Å². The first kappa shape index (κ1) is 21.1. The number of carboxylic acid groups (broad SMARTS) is 1. The number of rotatable bonds is 14. The highest BCUT2D eigenvalue weighted by atomic mass is 16.4. The van der Waals surface area contributed by atoms with Gasteiger partial charge in [0.1, 0.15) is 0 Å². The number of carbonyl (C=O) groups excluding carboxylic acids is 1. The van der Waals surface area contributed by atoms with E-state index in [1.807, 2.05) is 18.2 Å². The summed E-state index contributed by atoms with van der Waals surface area (Å²) < 4.78 is 0. The Morgan fingerprint density at radius 1 is 0.870 bits per heavy atom. The normalized spacial score (nSPS) is 12.2. The third kappa shape index (κ3) is 18.1. The lowest BCUT2D eigenvalue weighted by molar-refractivity contribution is -0.137. The van der Waals surface area contributed by atoms with Crippen molar-refractivity contribution in [2.45, 2.75) is 64.7 Å². The van der Waals surface area contributed by atoms with Gasteiger partial charge in [0.25, 0.3) is 0 Å². The summed E-state index contributed by atoms with van der Waals surface area (Å²) in [6.45, 7) is 2.20. The average Bonchev–Trinajstić information content (AvgIpc) is 2.52. The molecule has 0 unspecified atom stereocenters. The van der Waals surface area contributed by atoms with Crippen LogP contribution in [-0.4, -0.2) is 16.9 Å². The van der Waals surface area contributed by atoms with Crippen LogP contribution in [0.25, 0.3) is 0 Å². The van der Waals surface area contributed by atoms with E-state index >= 15 is 0 Å². The zero-order valence-corrected chi connectivity index (χ0v) is 14.2. The molecule has 0 aliphatic carbocycles. The van der Waals surface area contributed by atoms with Gasteiger partial charge in [-0.15, -0.1) is 0 Å². The third-order valence-corrected chi connectivity index (χ3v) is 3.19. The van der Waals surface area contributed by atoms with E-state index in [2.05, 4.69) is 19.1 Å². The first-order chi connectivity index (χ1) is 11.2. The molecule has 128 valence electrons. The maximum Gasteiger partial charge on any atom is 0.303 e. The zero-order valence-electron chi connectivity index (χ0n) is 14.2. The van der Waals surface area contributed by atoms with Crippen molar-refractivity contribution < 1.29 is 14.7 Å². The summed E-state index contributed by atoms with van der Waals surface area (Å²) in [5.41, 5.74) is 0. The number of unbranched alkanes of at least 4 members (excludes halogenated alkanes) is 4. The van der Waals surface area contributed by atoms with Gasteiger partial charge in [-0.05, 0) is 38.2 Å². The molecule has 0 saturated heterocycles. The zero-order chi connectivity index (χ0) is 17.2. The summed E-state index contributed by atoms with van der Waals surface area (Å²) in [4.78, 5) is 21.9. The van der Waals surface area contributed by atoms with E-state index in [9.17, 15) is 9.59 Å². The maximum absolute atomic E-state index is 11.5. The van der Waals surface area contributed by atoms with Crippen molar-refractivity contribution in [3.63, 3.8) is 0 Å². The standard InChI is InChI=1S/C20H30O3/c1-2-3-4-5-6-7-8-9-10-13-16-19(21)17-14-11-12-15-18-20(22)23/h6-7,9-11,13-14,16H,2-5,8,12,15,17-18H2,1H3,(H,22,23)/b7-6-,10-9-,14-11-,16-13+. The second-order valence-corrected chi connectivity index (χ2v) is 5.42. The Labute approximate surface area is 140 Å². The molecule has 3 heteroatoms. The predicted molar refractivity (Wildman–Crippen MR) is 96.4 cm³/mol. The number of allylic oxidation sites excluding steroid dienone is 8. The van der Waals surface area contributed by atoms with Crippen molar-refractivity contribution in [1.29, 1.82) is 0 Å². The highest BCUT2D eigenvalue weighted by Crippen LogP contribution is 2.01. The summed E-state index contributed by atoms with van der Waals surface area (Å²) in [5, 5.41) is 8.48. The van der Waals surface area contributed by atoms with Crippen molar-refractivity contribution in [2.75, 3.05) is 0 Å². The quantitative estimate of drug-likeness (QED) is 0.202. The monoisotopic (exact) mass is 318 g/mol. The van der Waals surface area contributed by atoms with Gasteiger partial charge in [-0.1, -0.05) is 62.3 Å². The molecule has 0 amide bonds. The average molecular weight is 318 g/mol. The number of carboxylic acids is 1. The van der Waals surface area contributed by atoms with Crippen molar-refractivity contribution in [3.05, 3.63) is 48.6 Å². The van der Waals surface area contributed by atoms with E-state index in [1.165, 1.54) is 19.3 Å². The highest BCUT2D eigenvalue weighted by Gasteiger charge is 1.94. The molecule has 0 aromatic rings. The van der Waals surface area contributed by atoms with Crippen molar-refractivity contribution in [3.8, 4) is 0 Å². The Hall–Kier alpha value is -1.90. The molecule has 0 radical (unpaired) electrons. The number of aliphatic carboxylic acids is 1. The van der Waals surface area contributed by atoms with Crippen LogP contribution < -0.4 is 0 Å². The Morgan fingerprint density at radius 2 is 1.61 bits per heavy atom. The summed E-state index contributed by atoms with van der Waals surface area (Å²) in [6, 6.07) is 0. The fourth-order valence-corrected chi connectivity index (χ4v) is 1.88. The minimum Gasteiger partial charge on any atom is -0.481 e. The van der Waals surface area contributed by atoms with E-state index in [0.29, 0.717) is 19.3 Å². The van der Waals surface area contributed by atoms with Gasteiger partial charge < -0.3 is 5.11 Å². The van der Waals surface area contributed by atoms with Gasteiger partial charge in [0, 0.05) is 12.8 Å². The molecule has 3 nitrogen and oxygen atoms in total. The van der Waals surface area contributed by atoms with Gasteiger partial charge in [-0.25, -0.2) is 0 Å². The molecule has 0 bridgehead atoms. The van der Waals surface area contributed by atoms with Gasteiger partial charge >= 0.3 is 5.97 Å². The Bertz CT molecular complexity index is 428. The lowest BCUT2D eigenvalue weighted by atomic mass is 10.2. The Kier molecular flexibility index (Phi) is 15.1. The molecule has 0 saturated carbocycles. The van der Waals surface area contributed by atoms with Crippen LogP contribution in [0.1, 0.15) is 64.7 Å². The van der Waals surface area contributed by atoms with Crippen molar-refractivity contribution >= 4 is 11.8 Å². The Morgan fingerprint density at radius 3 is 2.35 bits per heavy atom. The van der Waals surface area contributed by atoms with Crippen LogP contribution in [-0.2, 0) is 9.59 Å². The van der Waals surface area contributed by atoms with Crippen molar-refractivity contribution in [2.24, 2.45) is 0 Å². The fourth-order valence-electron chi connectivity index (χ4n) is 1.88. The second kappa shape index (κ2) is 16.5. The molecule has 0 spiro atoms. The molecule has 1 N–H and O–H groups in total. The molecule has 0 heterocycles. The molecule has 0 rings (SSSR count). The van der Waals surface area contributed by atoms with Crippen LogP contribution in [0.4, 0.5) is 0 Å². The molecular weight excluding hydrogens is 288 g/mol. The smallest absolute Gasteiger partial charge is 0.303 e. The van der Waals surface area contributed by atoms with E-state index in [4.69, 9.17) is 5.11 Å². The molecule has 0 atom stereocenters. The van der Waals surface area contributed by atoms with E-state index < -0.39 is 5.97 Å². The lowest BCUT2D eigenvalue weighted by Crippen LogP contribution is -1.92. The van der Waals surface area contributed by atoms with Gasteiger partial charge in [0.2, 0.25) is 0 Å². The topological polar surface area (TPSA) is 54.4 Å². The van der Waals surface area contributed by atoms with Gasteiger partial charge in [0.15, 0.2) is 5.78 Å². The van der Waals surface area contributed by atoms with E-state index in [1.54, 1.807) is 18.2 Å². The van der Waals surface area contributed by atoms with Crippen LogP contribution in [0.5, 0.6) is 0 Å². The number of ketones is 1. The van der Waals surface area contributed by atoms with Crippen LogP contribution in [0, 0.1) is 0 Å². The molecule has 0 fully saturated rings. The molecule has 0 aromatic heterocycles. The summed E-state index contributed by atoms with van der Waals surface area (Å²) in [6.07, 6.45) is 23.0. The van der Waals surface area contributed by atoms with Crippen LogP contribution in [0.15, 0.2) is 48.6 Å². The van der Waals surface area contributed by atoms with Gasteiger partial charge in [-0.2, -0.15) is 0 Å². The Balaban J connectivity index is 3.65. The number of carbonyl (C=O) groups is 2. The molecule has 23 heavy (non-hydrogen) atoms. The highest BCUT2D eigenvalue weighted by molar-refractivity contribution is 5.90.